The predicted octanol–water partition coefficient (Wildman–Crippen LogP) is 2.98. The van der Waals surface area contributed by atoms with Crippen LogP contribution >= 0.6 is 0 Å². The topological polar surface area (TPSA) is 74.8 Å². The van der Waals surface area contributed by atoms with E-state index in [-0.39, 0.29) is 12.7 Å². The maximum Gasteiger partial charge on any atom is 0.407 e. The second-order valence-corrected chi connectivity index (χ2v) is 6.67. The van der Waals surface area contributed by atoms with Crippen LogP contribution in [0.25, 0.3) is 0 Å². The number of aliphatic imine (C=N–C) groups is 1. The molecule has 1 atom stereocenters. The first kappa shape index (κ1) is 22.5. The van der Waals surface area contributed by atoms with Crippen molar-refractivity contribution in [3.8, 4) is 0 Å². The van der Waals surface area contributed by atoms with Gasteiger partial charge in [0.2, 0.25) is 0 Å². The highest BCUT2D eigenvalue weighted by Gasteiger charge is 2.18. The molecule has 1 unspecified atom stereocenters. The Kier molecular flexibility index (Phi) is 12.0. The van der Waals surface area contributed by atoms with Crippen molar-refractivity contribution in [3.63, 3.8) is 0 Å². The Morgan fingerprint density at radius 2 is 1.92 bits per heavy atom. The van der Waals surface area contributed by atoms with Gasteiger partial charge in [-0.3, -0.25) is 9.38 Å². The lowest BCUT2D eigenvalue weighted by Gasteiger charge is -2.24. The van der Waals surface area contributed by atoms with E-state index >= 15 is 0 Å². The monoisotopic (exact) mass is 346 g/mol. The van der Waals surface area contributed by atoms with Crippen molar-refractivity contribution >= 4 is 12.1 Å². The lowest BCUT2D eigenvalue weighted by Crippen LogP contribution is -2.49. The minimum absolute atomic E-state index is 0.0423. The van der Waals surface area contributed by atoms with Crippen LogP contribution in [0, 0.1) is 0 Å². The second kappa shape index (κ2) is 12.8. The predicted molar refractivity (Wildman–Crippen MR) is 97.3 cm³/mol. The largest absolute Gasteiger partial charge is 0.444 e. The third kappa shape index (κ3) is 13.0. The van der Waals surface area contributed by atoms with Crippen molar-refractivity contribution in [1.29, 1.82) is 0 Å². The molecule has 7 heteroatoms. The second-order valence-electron chi connectivity index (χ2n) is 6.67. The third-order valence-electron chi connectivity index (χ3n) is 3.04. The van der Waals surface area contributed by atoms with Crippen molar-refractivity contribution in [3.05, 3.63) is 0 Å². The van der Waals surface area contributed by atoms with Gasteiger partial charge in [-0.25, -0.2) is 4.79 Å². The van der Waals surface area contributed by atoms with E-state index in [4.69, 9.17) is 4.74 Å². The zero-order valence-electron chi connectivity index (χ0n) is 15.9. The van der Waals surface area contributed by atoms with Gasteiger partial charge in [-0.2, -0.15) is 0 Å². The highest BCUT2D eigenvalue weighted by atomic mass is 19.1. The number of hydrogen-bond acceptors (Lipinski definition) is 3. The van der Waals surface area contributed by atoms with E-state index in [1.807, 2.05) is 27.7 Å². The summed E-state index contributed by atoms with van der Waals surface area (Å²) in [5.41, 5.74) is -0.515. The van der Waals surface area contributed by atoms with Crippen LogP contribution in [0.15, 0.2) is 4.99 Å². The summed E-state index contributed by atoms with van der Waals surface area (Å²) in [4.78, 5) is 16.2. The Bertz CT molecular complexity index is 370. The van der Waals surface area contributed by atoms with Gasteiger partial charge in [-0.05, 0) is 40.5 Å². The molecule has 3 N–H and O–H groups in total. The highest BCUT2D eigenvalue weighted by Crippen LogP contribution is 2.07. The molecule has 0 aliphatic rings. The van der Waals surface area contributed by atoms with Crippen molar-refractivity contribution in [2.45, 2.75) is 71.9 Å². The normalized spacial score (nSPS) is 13.3. The summed E-state index contributed by atoms with van der Waals surface area (Å²) in [6.45, 7) is 10.8. The van der Waals surface area contributed by atoms with Crippen LogP contribution in [0.2, 0.25) is 0 Å². The van der Waals surface area contributed by atoms with Crippen molar-refractivity contribution in [2.75, 3.05) is 26.3 Å². The number of guanidine groups is 1. The Balaban J connectivity index is 4.60. The lowest BCUT2D eigenvalue weighted by atomic mass is 10.1. The van der Waals surface area contributed by atoms with Gasteiger partial charge < -0.3 is 20.7 Å². The molecule has 0 aliphatic heterocycles. The van der Waals surface area contributed by atoms with Crippen LogP contribution in [0.5, 0.6) is 0 Å². The number of alkyl halides is 1. The third-order valence-corrected chi connectivity index (χ3v) is 3.04. The molecule has 24 heavy (non-hydrogen) atoms. The van der Waals surface area contributed by atoms with Crippen molar-refractivity contribution in [2.24, 2.45) is 4.99 Å². The molecule has 0 aromatic heterocycles. The number of alkyl carbamates (subject to hydrolysis) is 1. The van der Waals surface area contributed by atoms with E-state index < -0.39 is 11.7 Å². The maximum absolute atomic E-state index is 12.2. The Labute approximate surface area is 146 Å². The molecule has 1 amide bonds. The molecule has 6 nitrogen and oxygen atoms in total. The molecular weight excluding hydrogens is 311 g/mol. The van der Waals surface area contributed by atoms with Crippen LogP contribution in [0.1, 0.15) is 60.3 Å². The van der Waals surface area contributed by atoms with E-state index in [0.717, 1.165) is 25.8 Å². The zero-order chi connectivity index (χ0) is 18.4. The summed E-state index contributed by atoms with van der Waals surface area (Å²) >= 11 is 0. The minimum Gasteiger partial charge on any atom is -0.444 e. The van der Waals surface area contributed by atoms with Crippen molar-refractivity contribution < 1.29 is 13.9 Å². The number of rotatable bonds is 10. The molecular formula is C17H35FN4O2. The molecule has 0 saturated heterocycles. The summed E-state index contributed by atoms with van der Waals surface area (Å²) in [5.74, 6) is 0.651. The number of ether oxygens (including phenoxy) is 1. The van der Waals surface area contributed by atoms with Crippen LogP contribution in [-0.4, -0.2) is 50.0 Å². The molecule has 0 radical (unpaired) electrons. The van der Waals surface area contributed by atoms with Gasteiger partial charge >= 0.3 is 6.09 Å². The fraction of sp³-hybridized carbons (Fsp3) is 0.882. The number of nitrogens with zero attached hydrogens (tertiary/aromatic N) is 1. The van der Waals surface area contributed by atoms with E-state index in [0.29, 0.717) is 25.5 Å². The summed E-state index contributed by atoms with van der Waals surface area (Å²) in [5, 5.41) is 9.26. The smallest absolute Gasteiger partial charge is 0.407 e. The summed E-state index contributed by atoms with van der Waals surface area (Å²) < 4.78 is 17.5. The number of nitrogens with one attached hydrogen (secondary N) is 3. The van der Waals surface area contributed by atoms with Crippen molar-refractivity contribution in [1.82, 2.24) is 16.0 Å². The Morgan fingerprint density at radius 1 is 1.21 bits per heavy atom. The first-order valence-electron chi connectivity index (χ1n) is 8.90. The first-order valence-corrected chi connectivity index (χ1v) is 8.90. The number of unbranched alkanes of at least 4 members (excludes halogenated alkanes) is 1. The van der Waals surface area contributed by atoms with Crippen LogP contribution in [-0.2, 0) is 4.74 Å². The van der Waals surface area contributed by atoms with Gasteiger partial charge in [-0.1, -0.05) is 19.8 Å². The number of carbonyl (C=O) groups is 1. The summed E-state index contributed by atoms with van der Waals surface area (Å²) in [6, 6.07) is 0.0423. The minimum atomic E-state index is -0.515. The maximum atomic E-state index is 12.2. The van der Waals surface area contributed by atoms with E-state index in [9.17, 15) is 9.18 Å². The Morgan fingerprint density at radius 3 is 2.46 bits per heavy atom. The number of halogens is 1. The molecule has 0 spiro atoms. The first-order chi connectivity index (χ1) is 11.3. The van der Waals surface area contributed by atoms with E-state index in [1.165, 1.54) is 0 Å². The molecule has 0 aromatic rings. The van der Waals surface area contributed by atoms with Crippen LogP contribution in [0.3, 0.4) is 0 Å². The number of hydrogen-bond donors (Lipinski definition) is 3. The van der Waals surface area contributed by atoms with Gasteiger partial charge in [0.05, 0.1) is 6.67 Å². The van der Waals surface area contributed by atoms with Gasteiger partial charge in [0.15, 0.2) is 5.96 Å². The summed E-state index contributed by atoms with van der Waals surface area (Å²) in [6.07, 6.45) is 2.99. The molecule has 0 aromatic carbocycles. The molecule has 0 aliphatic carbocycles. The fourth-order valence-electron chi connectivity index (χ4n) is 1.96. The lowest BCUT2D eigenvalue weighted by molar-refractivity contribution is 0.0522. The number of amides is 1. The zero-order valence-corrected chi connectivity index (χ0v) is 15.9. The fourth-order valence-corrected chi connectivity index (χ4v) is 1.96. The molecule has 0 heterocycles. The van der Waals surface area contributed by atoms with Gasteiger partial charge in [0.25, 0.3) is 0 Å². The van der Waals surface area contributed by atoms with Crippen LogP contribution in [0.4, 0.5) is 9.18 Å². The molecule has 0 bridgehead atoms. The molecule has 0 fully saturated rings. The number of carbonyl (C=O) groups excluding carboxylic acids is 1. The van der Waals surface area contributed by atoms with Gasteiger partial charge in [0, 0.05) is 25.7 Å². The van der Waals surface area contributed by atoms with E-state index in [2.05, 4.69) is 27.9 Å². The molecule has 0 saturated carbocycles. The Hall–Kier alpha value is -1.53. The van der Waals surface area contributed by atoms with Gasteiger partial charge in [-0.15, -0.1) is 0 Å². The highest BCUT2D eigenvalue weighted by molar-refractivity contribution is 5.80. The summed E-state index contributed by atoms with van der Waals surface area (Å²) in [7, 11) is 0. The average molecular weight is 346 g/mol. The van der Waals surface area contributed by atoms with E-state index in [1.54, 1.807) is 0 Å². The SMILES string of the molecule is CCCCC(CNC(=O)OC(C)(C)C)NC(=NCCCF)NCC. The molecule has 142 valence electrons. The quantitative estimate of drug-likeness (QED) is 0.323. The standard InChI is InChI=1S/C17H35FN4O2/c1-6-8-10-14(13-21-16(23)24-17(3,4)5)22-15(19-7-2)20-12-9-11-18/h14H,6-13H2,1-5H3,(H,21,23)(H2,19,20,22). The van der Waals surface area contributed by atoms with Crippen LogP contribution < -0.4 is 16.0 Å². The molecule has 0 rings (SSSR count). The van der Waals surface area contributed by atoms with Gasteiger partial charge in [0.1, 0.15) is 5.60 Å². The average Bonchev–Trinajstić information content (AvgIpc) is 2.48.